The molecular weight excluding hydrogens is 583 g/mol. The molecule has 0 aliphatic carbocycles. The number of aromatic nitrogens is 2. The quantitative estimate of drug-likeness (QED) is 0.304. The Hall–Kier alpha value is -3.82. The van der Waals surface area contributed by atoms with Crippen LogP contribution < -0.4 is 15.1 Å². The van der Waals surface area contributed by atoms with Crippen molar-refractivity contribution in [1.82, 2.24) is 15.3 Å². The first kappa shape index (κ1) is 33.1. The van der Waals surface area contributed by atoms with Crippen LogP contribution in [0.2, 0.25) is 0 Å². The van der Waals surface area contributed by atoms with Gasteiger partial charge in [0.15, 0.2) is 0 Å². The summed E-state index contributed by atoms with van der Waals surface area (Å²) in [6, 6.07) is 8.54. The highest BCUT2D eigenvalue weighted by atomic mass is 19.4. The number of nitrogens with one attached hydrogen (secondary N) is 1. The molecule has 0 bridgehead atoms. The van der Waals surface area contributed by atoms with Gasteiger partial charge in [0.2, 0.25) is 11.7 Å². The topological polar surface area (TPSA) is 102 Å². The van der Waals surface area contributed by atoms with E-state index in [1.807, 2.05) is 13.0 Å². The summed E-state index contributed by atoms with van der Waals surface area (Å²) >= 11 is 0. The van der Waals surface area contributed by atoms with Gasteiger partial charge in [0.05, 0.1) is 18.2 Å². The fourth-order valence-electron chi connectivity index (χ4n) is 5.79. The molecule has 1 amide bonds. The first-order valence-corrected chi connectivity index (χ1v) is 15.0. The monoisotopic (exact) mass is 620 g/mol. The second-order valence-electron chi connectivity index (χ2n) is 11.6. The van der Waals surface area contributed by atoms with Crippen molar-refractivity contribution in [3.05, 3.63) is 47.3 Å². The number of anilines is 2. The van der Waals surface area contributed by atoms with Gasteiger partial charge in [-0.25, -0.2) is 18.7 Å². The SMILES string of the molecule is CCCC(=O)CCCC1CCN(c2cc(N3CC(F)(F)C[C@H]3C(=O)NCCc3ccc(C#N)cc3)nc(C(F)(F)F)n2)CC1. The molecule has 0 spiro atoms. The van der Waals surface area contributed by atoms with E-state index >= 15 is 0 Å². The Kier molecular flexibility index (Phi) is 10.8. The largest absolute Gasteiger partial charge is 0.451 e. The molecule has 2 fully saturated rings. The van der Waals surface area contributed by atoms with Gasteiger partial charge in [-0.15, -0.1) is 0 Å². The number of carbonyl (C=O) groups is 2. The van der Waals surface area contributed by atoms with Gasteiger partial charge in [0.25, 0.3) is 5.92 Å². The lowest BCUT2D eigenvalue weighted by Crippen LogP contribution is -2.44. The summed E-state index contributed by atoms with van der Waals surface area (Å²) in [6.45, 7) is 1.98. The fourth-order valence-corrected chi connectivity index (χ4v) is 5.79. The highest BCUT2D eigenvalue weighted by Gasteiger charge is 2.49. The van der Waals surface area contributed by atoms with E-state index in [0.717, 1.165) is 29.7 Å². The summed E-state index contributed by atoms with van der Waals surface area (Å²) in [5, 5.41) is 11.5. The van der Waals surface area contributed by atoms with E-state index in [9.17, 15) is 31.5 Å². The number of nitrogens with zero attached hydrogens (tertiary/aromatic N) is 5. The molecule has 0 unspecified atom stereocenters. The molecule has 0 saturated carbocycles. The van der Waals surface area contributed by atoms with Crippen LogP contribution in [-0.4, -0.2) is 59.8 Å². The lowest BCUT2D eigenvalue weighted by molar-refractivity contribution is -0.144. The summed E-state index contributed by atoms with van der Waals surface area (Å²) in [6.07, 6.45) is -0.444. The van der Waals surface area contributed by atoms with Crippen LogP contribution in [0.5, 0.6) is 0 Å². The molecule has 1 N–H and O–H groups in total. The van der Waals surface area contributed by atoms with Crippen LogP contribution in [0.4, 0.5) is 33.6 Å². The number of amides is 1. The van der Waals surface area contributed by atoms with Crippen molar-refractivity contribution >= 4 is 23.3 Å². The van der Waals surface area contributed by atoms with Crippen molar-refractivity contribution in [3.8, 4) is 6.07 Å². The summed E-state index contributed by atoms with van der Waals surface area (Å²) < 4.78 is 70.9. The molecule has 4 rings (SSSR count). The molecule has 2 aliphatic heterocycles. The molecule has 1 atom stereocenters. The van der Waals surface area contributed by atoms with Gasteiger partial charge in [-0.05, 0) is 62.1 Å². The van der Waals surface area contributed by atoms with Crippen LogP contribution >= 0.6 is 0 Å². The number of Topliss-reactive ketones (excluding diaryl/α,β-unsaturated/α-hetero) is 1. The first-order valence-electron chi connectivity index (χ1n) is 15.0. The van der Waals surface area contributed by atoms with E-state index < -0.39 is 42.8 Å². The summed E-state index contributed by atoms with van der Waals surface area (Å²) in [5.41, 5.74) is 1.30. The second kappa shape index (κ2) is 14.3. The molecule has 8 nitrogen and oxygen atoms in total. The van der Waals surface area contributed by atoms with E-state index in [1.54, 1.807) is 29.2 Å². The molecule has 1 aromatic heterocycles. The van der Waals surface area contributed by atoms with Crippen molar-refractivity contribution in [2.24, 2.45) is 5.92 Å². The van der Waals surface area contributed by atoms with E-state index in [2.05, 4.69) is 15.3 Å². The van der Waals surface area contributed by atoms with Gasteiger partial charge in [0, 0.05) is 45.0 Å². The van der Waals surface area contributed by atoms with Crippen molar-refractivity contribution in [2.75, 3.05) is 36.0 Å². The Morgan fingerprint density at radius 2 is 1.77 bits per heavy atom. The number of alkyl halides is 5. The molecular formula is C31H37F5N6O2. The maximum Gasteiger partial charge on any atom is 0.451 e. The Morgan fingerprint density at radius 1 is 1.09 bits per heavy atom. The molecule has 2 saturated heterocycles. The van der Waals surface area contributed by atoms with Gasteiger partial charge in [-0.3, -0.25) is 9.59 Å². The average molecular weight is 621 g/mol. The minimum atomic E-state index is -4.92. The molecule has 13 heteroatoms. The number of piperidine rings is 1. The lowest BCUT2D eigenvalue weighted by atomic mass is 9.91. The molecule has 238 valence electrons. The number of ketones is 1. The number of hydrogen-bond donors (Lipinski definition) is 1. The zero-order chi connectivity index (χ0) is 31.9. The number of rotatable bonds is 12. The van der Waals surface area contributed by atoms with Gasteiger partial charge in [-0.2, -0.15) is 18.4 Å². The number of benzene rings is 1. The van der Waals surface area contributed by atoms with Crippen LogP contribution in [0.1, 0.15) is 75.2 Å². The predicted octanol–water partition coefficient (Wildman–Crippen LogP) is 5.70. The third-order valence-corrected chi connectivity index (χ3v) is 8.15. The van der Waals surface area contributed by atoms with Crippen molar-refractivity contribution in [3.63, 3.8) is 0 Å². The maximum atomic E-state index is 14.6. The molecule has 2 aliphatic rings. The average Bonchev–Trinajstić information content (AvgIpc) is 3.33. The lowest BCUT2D eigenvalue weighted by Gasteiger charge is -2.34. The van der Waals surface area contributed by atoms with E-state index in [1.165, 1.54) is 6.07 Å². The minimum Gasteiger partial charge on any atom is -0.356 e. The van der Waals surface area contributed by atoms with Crippen molar-refractivity contribution < 1.29 is 31.5 Å². The fraction of sp³-hybridized carbons (Fsp3) is 0.581. The summed E-state index contributed by atoms with van der Waals surface area (Å²) in [4.78, 5) is 34.8. The number of halogens is 5. The van der Waals surface area contributed by atoms with Crippen LogP contribution in [-0.2, 0) is 22.2 Å². The summed E-state index contributed by atoms with van der Waals surface area (Å²) in [7, 11) is 0. The minimum absolute atomic E-state index is 0.0194. The van der Waals surface area contributed by atoms with Gasteiger partial charge < -0.3 is 15.1 Å². The first-order chi connectivity index (χ1) is 20.9. The van der Waals surface area contributed by atoms with Gasteiger partial charge in [-0.1, -0.05) is 19.1 Å². The normalized spacial score (nSPS) is 18.7. The number of nitriles is 1. The van der Waals surface area contributed by atoms with Gasteiger partial charge in [0.1, 0.15) is 23.5 Å². The van der Waals surface area contributed by atoms with Crippen LogP contribution in [0.3, 0.4) is 0 Å². The second-order valence-corrected chi connectivity index (χ2v) is 11.6. The molecule has 1 aromatic carbocycles. The Balaban J connectivity index is 1.45. The van der Waals surface area contributed by atoms with Crippen molar-refractivity contribution in [1.29, 1.82) is 5.26 Å². The van der Waals surface area contributed by atoms with Crippen LogP contribution in [0.25, 0.3) is 0 Å². The molecule has 0 radical (unpaired) electrons. The number of hydrogen-bond acceptors (Lipinski definition) is 7. The predicted molar refractivity (Wildman–Crippen MR) is 154 cm³/mol. The third kappa shape index (κ3) is 8.86. The number of carbonyl (C=O) groups excluding carboxylic acids is 2. The van der Waals surface area contributed by atoms with Crippen LogP contribution in [0, 0.1) is 17.2 Å². The van der Waals surface area contributed by atoms with E-state index in [0.29, 0.717) is 56.7 Å². The van der Waals surface area contributed by atoms with E-state index in [4.69, 9.17) is 5.26 Å². The third-order valence-electron chi connectivity index (χ3n) is 8.15. The van der Waals surface area contributed by atoms with E-state index in [-0.39, 0.29) is 24.0 Å². The highest BCUT2D eigenvalue weighted by molar-refractivity contribution is 5.86. The molecule has 2 aromatic rings. The van der Waals surface area contributed by atoms with Crippen LogP contribution in [0.15, 0.2) is 30.3 Å². The maximum absolute atomic E-state index is 14.6. The Bertz CT molecular complexity index is 1340. The summed E-state index contributed by atoms with van der Waals surface area (Å²) in [5.74, 6) is -5.31. The zero-order valence-electron chi connectivity index (χ0n) is 24.7. The zero-order valence-corrected chi connectivity index (χ0v) is 24.7. The Morgan fingerprint density at radius 3 is 2.41 bits per heavy atom. The standard InChI is InChI=1S/C31H37F5N6O2/c1-2-4-24(43)6-3-5-21-12-15-41(16-13-21)26-17-27(40-29(39-26)31(34,35)36)42-20-30(32,33)18-25(42)28(44)38-14-11-22-7-9-23(19-37)10-8-22/h7-10,17,21,25H,2-6,11-16,18,20H2,1H3,(H,38,44)/t25-/m0/s1. The Labute approximate surface area is 253 Å². The smallest absolute Gasteiger partial charge is 0.356 e. The highest BCUT2D eigenvalue weighted by Crippen LogP contribution is 2.38. The van der Waals surface area contributed by atoms with Gasteiger partial charge >= 0.3 is 6.18 Å². The molecule has 44 heavy (non-hydrogen) atoms. The molecule has 3 heterocycles. The van der Waals surface area contributed by atoms with Crippen molar-refractivity contribution in [2.45, 2.75) is 82.9 Å².